The predicted molar refractivity (Wildman–Crippen MR) is 103 cm³/mol. The lowest BCUT2D eigenvalue weighted by molar-refractivity contribution is 0.121. The van der Waals surface area contributed by atoms with Gasteiger partial charge in [-0.2, -0.15) is 0 Å². The molecule has 6 heteroatoms. The number of nitrogens with zero attached hydrogens (tertiary/aromatic N) is 2. The highest BCUT2D eigenvalue weighted by molar-refractivity contribution is 7.11. The number of hydrogen-bond acceptors (Lipinski definition) is 4. The molecule has 1 aromatic heterocycles. The standard InChI is InChI=1S/C18H32N4OS/c1-4-16-5-6-17(24-16)14-21-18(19-2)20-13-15-7-9-22(10-8-15)11-12-23-3/h5-6,15H,4,7-14H2,1-3H3,(H2,19,20,21). The quantitative estimate of drug-likeness (QED) is 0.557. The maximum Gasteiger partial charge on any atom is 0.191 e. The molecular weight excluding hydrogens is 320 g/mol. The molecule has 2 N–H and O–H groups in total. The highest BCUT2D eigenvalue weighted by Gasteiger charge is 2.18. The van der Waals surface area contributed by atoms with E-state index in [0.717, 1.165) is 44.5 Å². The van der Waals surface area contributed by atoms with Crippen molar-refractivity contribution in [2.75, 3.05) is 46.9 Å². The fraction of sp³-hybridized carbons (Fsp3) is 0.722. The summed E-state index contributed by atoms with van der Waals surface area (Å²) >= 11 is 1.88. The lowest BCUT2D eigenvalue weighted by atomic mass is 9.97. The Morgan fingerprint density at radius 3 is 2.67 bits per heavy atom. The number of guanidine groups is 1. The van der Waals surface area contributed by atoms with E-state index in [-0.39, 0.29) is 0 Å². The van der Waals surface area contributed by atoms with Crippen molar-refractivity contribution < 1.29 is 4.74 Å². The van der Waals surface area contributed by atoms with Crippen LogP contribution in [0.3, 0.4) is 0 Å². The number of rotatable bonds is 8. The van der Waals surface area contributed by atoms with Crippen molar-refractivity contribution in [3.05, 3.63) is 21.9 Å². The van der Waals surface area contributed by atoms with Gasteiger partial charge in [0.05, 0.1) is 13.2 Å². The van der Waals surface area contributed by atoms with Crippen molar-refractivity contribution in [3.8, 4) is 0 Å². The second kappa shape index (κ2) is 10.7. The molecule has 2 heterocycles. The minimum Gasteiger partial charge on any atom is -0.383 e. The third-order valence-corrected chi connectivity index (χ3v) is 5.83. The van der Waals surface area contributed by atoms with Crippen LogP contribution in [0.5, 0.6) is 0 Å². The fourth-order valence-electron chi connectivity index (χ4n) is 2.97. The number of hydrogen-bond donors (Lipinski definition) is 2. The van der Waals surface area contributed by atoms with E-state index >= 15 is 0 Å². The Morgan fingerprint density at radius 1 is 1.29 bits per heavy atom. The largest absolute Gasteiger partial charge is 0.383 e. The Labute approximate surface area is 150 Å². The minimum atomic E-state index is 0.732. The molecule has 1 saturated heterocycles. The molecule has 1 fully saturated rings. The molecule has 0 bridgehead atoms. The van der Waals surface area contributed by atoms with E-state index in [1.165, 1.54) is 35.7 Å². The summed E-state index contributed by atoms with van der Waals surface area (Å²) in [7, 11) is 3.61. The number of thiophene rings is 1. The van der Waals surface area contributed by atoms with Gasteiger partial charge in [-0.1, -0.05) is 6.92 Å². The first kappa shape index (κ1) is 19.2. The number of piperidine rings is 1. The van der Waals surface area contributed by atoms with Crippen LogP contribution in [0.1, 0.15) is 29.5 Å². The van der Waals surface area contributed by atoms with Crippen LogP contribution >= 0.6 is 11.3 Å². The maximum absolute atomic E-state index is 5.16. The van der Waals surface area contributed by atoms with Crippen LogP contribution in [0.4, 0.5) is 0 Å². The molecule has 2 rings (SSSR count). The van der Waals surface area contributed by atoms with Crippen LogP contribution in [0.2, 0.25) is 0 Å². The van der Waals surface area contributed by atoms with Crippen molar-refractivity contribution in [1.82, 2.24) is 15.5 Å². The number of aliphatic imine (C=N–C) groups is 1. The highest BCUT2D eigenvalue weighted by Crippen LogP contribution is 2.17. The first-order chi connectivity index (χ1) is 11.7. The summed E-state index contributed by atoms with van der Waals surface area (Å²) < 4.78 is 5.16. The second-order valence-corrected chi connectivity index (χ2v) is 7.56. The van der Waals surface area contributed by atoms with Gasteiger partial charge in [0.15, 0.2) is 5.96 Å². The molecule has 0 unspecified atom stereocenters. The second-order valence-electron chi connectivity index (χ2n) is 6.31. The lowest BCUT2D eigenvalue weighted by Gasteiger charge is -2.32. The molecule has 0 amide bonds. The van der Waals surface area contributed by atoms with Crippen LogP contribution in [0.15, 0.2) is 17.1 Å². The summed E-state index contributed by atoms with van der Waals surface area (Å²) in [4.78, 5) is 9.64. The van der Waals surface area contributed by atoms with Gasteiger partial charge in [0.1, 0.15) is 0 Å². The number of ether oxygens (including phenoxy) is 1. The Hall–Kier alpha value is -1.11. The van der Waals surface area contributed by atoms with E-state index in [4.69, 9.17) is 4.74 Å². The van der Waals surface area contributed by atoms with Crippen LogP contribution in [0, 0.1) is 5.92 Å². The number of likely N-dealkylation sites (tertiary alicyclic amines) is 1. The molecule has 0 radical (unpaired) electrons. The molecule has 136 valence electrons. The summed E-state index contributed by atoms with van der Waals surface area (Å²) in [5.41, 5.74) is 0. The average Bonchev–Trinajstić information content (AvgIpc) is 3.09. The van der Waals surface area contributed by atoms with E-state index < -0.39 is 0 Å². The van der Waals surface area contributed by atoms with Crippen molar-refractivity contribution in [1.29, 1.82) is 0 Å². The van der Waals surface area contributed by atoms with E-state index in [1.54, 1.807) is 7.11 Å². The normalized spacial score (nSPS) is 17.2. The summed E-state index contributed by atoms with van der Waals surface area (Å²) in [5.74, 6) is 1.64. The van der Waals surface area contributed by atoms with Crippen LogP contribution in [-0.4, -0.2) is 57.8 Å². The monoisotopic (exact) mass is 352 g/mol. The zero-order chi connectivity index (χ0) is 17.2. The SMILES string of the molecule is CCc1ccc(CNC(=NC)NCC2CCN(CCOC)CC2)s1. The fourth-order valence-corrected chi connectivity index (χ4v) is 3.87. The van der Waals surface area contributed by atoms with Gasteiger partial charge in [-0.25, -0.2) is 0 Å². The topological polar surface area (TPSA) is 48.9 Å². The summed E-state index contributed by atoms with van der Waals surface area (Å²) in [6, 6.07) is 4.43. The number of nitrogens with one attached hydrogen (secondary N) is 2. The molecule has 0 atom stereocenters. The smallest absolute Gasteiger partial charge is 0.191 e. The van der Waals surface area contributed by atoms with E-state index in [9.17, 15) is 0 Å². The van der Waals surface area contributed by atoms with Crippen LogP contribution < -0.4 is 10.6 Å². The van der Waals surface area contributed by atoms with E-state index in [1.807, 2.05) is 18.4 Å². The Bertz CT molecular complexity index is 495. The summed E-state index contributed by atoms with van der Waals surface area (Å²) in [5, 5.41) is 6.91. The zero-order valence-corrected chi connectivity index (χ0v) is 16.1. The molecular formula is C18H32N4OS. The molecule has 1 aromatic rings. The third-order valence-electron chi connectivity index (χ3n) is 4.60. The van der Waals surface area contributed by atoms with Gasteiger partial charge in [-0.3, -0.25) is 4.99 Å². The summed E-state index contributed by atoms with van der Waals surface area (Å²) in [6.07, 6.45) is 3.61. The Kier molecular flexibility index (Phi) is 8.56. The molecule has 0 aliphatic carbocycles. The number of methoxy groups -OCH3 is 1. The van der Waals surface area contributed by atoms with Gasteiger partial charge in [0.2, 0.25) is 0 Å². The lowest BCUT2D eigenvalue weighted by Crippen LogP contribution is -2.43. The zero-order valence-electron chi connectivity index (χ0n) is 15.3. The van der Waals surface area contributed by atoms with Crippen molar-refractivity contribution in [3.63, 3.8) is 0 Å². The van der Waals surface area contributed by atoms with Crippen molar-refractivity contribution in [2.45, 2.75) is 32.7 Å². The van der Waals surface area contributed by atoms with Gasteiger partial charge in [-0.05, 0) is 50.4 Å². The van der Waals surface area contributed by atoms with Gasteiger partial charge in [0.25, 0.3) is 0 Å². The predicted octanol–water partition coefficient (Wildman–Crippen LogP) is 2.33. The third kappa shape index (κ3) is 6.42. The van der Waals surface area contributed by atoms with Crippen LogP contribution in [0.25, 0.3) is 0 Å². The first-order valence-electron chi connectivity index (χ1n) is 8.98. The minimum absolute atomic E-state index is 0.732. The Morgan fingerprint density at radius 2 is 2.04 bits per heavy atom. The molecule has 0 saturated carbocycles. The molecule has 1 aliphatic rings. The molecule has 1 aliphatic heterocycles. The number of aryl methyl sites for hydroxylation is 1. The molecule has 0 spiro atoms. The van der Waals surface area contributed by atoms with Crippen LogP contribution in [-0.2, 0) is 17.7 Å². The maximum atomic E-state index is 5.16. The van der Waals surface area contributed by atoms with E-state index in [2.05, 4.69) is 39.6 Å². The summed E-state index contributed by atoms with van der Waals surface area (Å²) in [6.45, 7) is 8.29. The molecule has 5 nitrogen and oxygen atoms in total. The molecule has 24 heavy (non-hydrogen) atoms. The van der Waals surface area contributed by atoms with Gasteiger partial charge >= 0.3 is 0 Å². The van der Waals surface area contributed by atoms with Gasteiger partial charge in [-0.15, -0.1) is 11.3 Å². The first-order valence-corrected chi connectivity index (χ1v) is 9.80. The average molecular weight is 353 g/mol. The Balaban J connectivity index is 1.65. The van der Waals surface area contributed by atoms with Gasteiger partial charge in [0, 0.05) is 37.0 Å². The van der Waals surface area contributed by atoms with Crippen molar-refractivity contribution in [2.24, 2.45) is 10.9 Å². The van der Waals surface area contributed by atoms with Gasteiger partial charge < -0.3 is 20.3 Å². The van der Waals surface area contributed by atoms with Crippen molar-refractivity contribution >= 4 is 17.3 Å². The van der Waals surface area contributed by atoms with E-state index in [0.29, 0.717) is 0 Å². The molecule has 0 aromatic carbocycles. The highest BCUT2D eigenvalue weighted by atomic mass is 32.1.